The lowest BCUT2D eigenvalue weighted by Gasteiger charge is -2.24. The highest BCUT2D eigenvalue weighted by molar-refractivity contribution is 5.81. The summed E-state index contributed by atoms with van der Waals surface area (Å²) in [6.45, 7) is 3.99. The first-order valence-electron chi connectivity index (χ1n) is 4.18. The minimum atomic E-state index is -0.0579. The van der Waals surface area contributed by atoms with Crippen LogP contribution >= 0.6 is 0 Å². The zero-order valence-electron chi connectivity index (χ0n) is 7.23. The number of hydrogen-bond acceptors (Lipinski definition) is 3. The zero-order chi connectivity index (χ0) is 8.72. The molecule has 0 spiro atoms. The number of carbonyl (C=O) groups is 1. The summed E-state index contributed by atoms with van der Waals surface area (Å²) in [5.74, 6) is 0.150. The Morgan fingerprint density at radius 2 is 2.50 bits per heavy atom. The molecule has 0 aromatic carbocycles. The third-order valence-corrected chi connectivity index (χ3v) is 2.29. The second-order valence-corrected chi connectivity index (χ2v) is 3.44. The molecule has 2 unspecified atom stereocenters. The van der Waals surface area contributed by atoms with Gasteiger partial charge in [0.25, 0.3) is 0 Å². The van der Waals surface area contributed by atoms with Crippen molar-refractivity contribution in [3.8, 4) is 0 Å². The Bertz CT molecular complexity index is 237. The molecule has 0 aliphatic carbocycles. The lowest BCUT2D eigenvalue weighted by Crippen LogP contribution is -2.39. The van der Waals surface area contributed by atoms with Gasteiger partial charge < -0.3 is 9.64 Å². The molecule has 2 rings (SSSR count). The molecular formula is C8H12N2O2. The molecular weight excluding hydrogens is 156 g/mol. The quantitative estimate of drug-likeness (QED) is 0.568. The van der Waals surface area contributed by atoms with Crippen LogP contribution in [0.4, 0.5) is 0 Å². The lowest BCUT2D eigenvalue weighted by molar-refractivity contribution is -0.130. The van der Waals surface area contributed by atoms with E-state index in [0.717, 1.165) is 0 Å². The van der Waals surface area contributed by atoms with Crippen molar-refractivity contribution in [1.29, 1.82) is 0 Å². The average molecular weight is 168 g/mol. The molecule has 0 aromatic heterocycles. The summed E-state index contributed by atoms with van der Waals surface area (Å²) in [7, 11) is 0. The monoisotopic (exact) mass is 168 g/mol. The fourth-order valence-corrected chi connectivity index (χ4v) is 1.76. The first-order valence-corrected chi connectivity index (χ1v) is 4.18. The first kappa shape index (κ1) is 7.58. The first-order chi connectivity index (χ1) is 5.70. The van der Waals surface area contributed by atoms with E-state index in [1.54, 1.807) is 4.90 Å². The Morgan fingerprint density at radius 3 is 3.17 bits per heavy atom. The second kappa shape index (κ2) is 2.47. The smallest absolute Gasteiger partial charge is 0.228 e. The summed E-state index contributed by atoms with van der Waals surface area (Å²) in [6.07, 6.45) is 1.84. The van der Waals surface area contributed by atoms with Crippen molar-refractivity contribution < 1.29 is 9.53 Å². The van der Waals surface area contributed by atoms with E-state index in [1.165, 1.54) is 6.40 Å². The van der Waals surface area contributed by atoms with Crippen molar-refractivity contribution >= 4 is 12.3 Å². The number of likely N-dealkylation sites (tertiary alicyclic amines) is 1. The molecule has 0 saturated carbocycles. The van der Waals surface area contributed by atoms with E-state index in [2.05, 4.69) is 4.99 Å². The second-order valence-electron chi connectivity index (χ2n) is 3.44. The van der Waals surface area contributed by atoms with Crippen LogP contribution in [0.5, 0.6) is 0 Å². The van der Waals surface area contributed by atoms with Crippen molar-refractivity contribution in [3.63, 3.8) is 0 Å². The zero-order valence-corrected chi connectivity index (χ0v) is 7.23. The molecule has 1 amide bonds. The Balaban J connectivity index is 2.21. The third kappa shape index (κ3) is 0.906. The Labute approximate surface area is 71.2 Å². The van der Waals surface area contributed by atoms with Crippen LogP contribution in [-0.4, -0.2) is 35.5 Å². The third-order valence-electron chi connectivity index (χ3n) is 2.29. The molecule has 2 atom stereocenters. The summed E-state index contributed by atoms with van der Waals surface area (Å²) in [5.41, 5.74) is 0. The standard InChI is InChI=1S/C8H12N2O2/c1-5(2)10-7(11)3-6-8(10)9-4-12-6/h4-6,8H,3H2,1-2H3. The molecule has 4 heteroatoms. The van der Waals surface area contributed by atoms with E-state index in [9.17, 15) is 4.79 Å². The van der Waals surface area contributed by atoms with Crippen molar-refractivity contribution in [2.75, 3.05) is 0 Å². The van der Waals surface area contributed by atoms with Crippen molar-refractivity contribution in [2.45, 2.75) is 38.6 Å². The fourth-order valence-electron chi connectivity index (χ4n) is 1.76. The van der Waals surface area contributed by atoms with Crippen molar-refractivity contribution in [3.05, 3.63) is 0 Å². The van der Waals surface area contributed by atoms with Gasteiger partial charge in [-0.05, 0) is 13.8 Å². The van der Waals surface area contributed by atoms with Gasteiger partial charge in [-0.2, -0.15) is 0 Å². The van der Waals surface area contributed by atoms with Crippen molar-refractivity contribution in [1.82, 2.24) is 4.90 Å². The molecule has 2 aliphatic rings. The molecule has 0 N–H and O–H groups in total. The molecule has 1 fully saturated rings. The molecule has 4 nitrogen and oxygen atoms in total. The van der Waals surface area contributed by atoms with E-state index in [1.807, 2.05) is 13.8 Å². The van der Waals surface area contributed by atoms with E-state index in [0.29, 0.717) is 6.42 Å². The van der Waals surface area contributed by atoms with Crippen LogP contribution in [0, 0.1) is 0 Å². The highest BCUT2D eigenvalue weighted by Gasteiger charge is 2.44. The number of nitrogens with zero attached hydrogens (tertiary/aromatic N) is 2. The van der Waals surface area contributed by atoms with Crippen molar-refractivity contribution in [2.24, 2.45) is 4.99 Å². The Morgan fingerprint density at radius 1 is 1.75 bits per heavy atom. The summed E-state index contributed by atoms with van der Waals surface area (Å²) < 4.78 is 5.17. The van der Waals surface area contributed by atoms with Gasteiger partial charge in [-0.3, -0.25) is 4.79 Å². The maximum absolute atomic E-state index is 11.4. The topological polar surface area (TPSA) is 41.9 Å². The van der Waals surface area contributed by atoms with Gasteiger partial charge in [0, 0.05) is 6.04 Å². The molecule has 2 aliphatic heterocycles. The Hall–Kier alpha value is -1.06. The average Bonchev–Trinajstić information content (AvgIpc) is 2.44. The number of rotatable bonds is 1. The van der Waals surface area contributed by atoms with Gasteiger partial charge in [-0.15, -0.1) is 0 Å². The molecule has 0 aromatic rings. The predicted molar refractivity (Wildman–Crippen MR) is 43.8 cm³/mol. The van der Waals surface area contributed by atoms with E-state index < -0.39 is 0 Å². The van der Waals surface area contributed by atoms with Crippen LogP contribution in [0.2, 0.25) is 0 Å². The van der Waals surface area contributed by atoms with E-state index in [4.69, 9.17) is 4.74 Å². The Kier molecular flexibility index (Phi) is 1.56. The van der Waals surface area contributed by atoms with Crippen LogP contribution < -0.4 is 0 Å². The minimum absolute atomic E-state index is 0.0279. The van der Waals surface area contributed by atoms with Crippen LogP contribution in [0.25, 0.3) is 0 Å². The van der Waals surface area contributed by atoms with Gasteiger partial charge in [0.1, 0.15) is 6.10 Å². The molecule has 0 bridgehead atoms. The fraction of sp³-hybridized carbons (Fsp3) is 0.750. The summed E-state index contributed by atoms with van der Waals surface area (Å²) >= 11 is 0. The van der Waals surface area contributed by atoms with Crippen LogP contribution in [0.3, 0.4) is 0 Å². The van der Waals surface area contributed by atoms with Gasteiger partial charge in [0.2, 0.25) is 5.91 Å². The number of fused-ring (bicyclic) bond motifs is 1. The highest BCUT2D eigenvalue weighted by atomic mass is 16.5. The van der Waals surface area contributed by atoms with Crippen LogP contribution in [-0.2, 0) is 9.53 Å². The van der Waals surface area contributed by atoms with Gasteiger partial charge in [0.15, 0.2) is 12.6 Å². The SMILES string of the molecule is CC(C)N1C(=O)CC2OC=NC21. The van der Waals surface area contributed by atoms with E-state index >= 15 is 0 Å². The molecule has 12 heavy (non-hydrogen) atoms. The largest absolute Gasteiger partial charge is 0.475 e. The lowest BCUT2D eigenvalue weighted by atomic mass is 10.3. The van der Waals surface area contributed by atoms with Gasteiger partial charge in [-0.1, -0.05) is 0 Å². The van der Waals surface area contributed by atoms with E-state index in [-0.39, 0.29) is 24.2 Å². The summed E-state index contributed by atoms with van der Waals surface area (Å²) in [4.78, 5) is 17.3. The van der Waals surface area contributed by atoms with Gasteiger partial charge >= 0.3 is 0 Å². The number of carbonyl (C=O) groups excluding carboxylic acids is 1. The number of aliphatic imine (C=N–C) groups is 1. The number of amides is 1. The number of hydrogen-bond donors (Lipinski definition) is 0. The number of ether oxygens (including phenoxy) is 1. The molecule has 66 valence electrons. The molecule has 0 radical (unpaired) electrons. The summed E-state index contributed by atoms with van der Waals surface area (Å²) in [5, 5.41) is 0. The van der Waals surface area contributed by atoms with Gasteiger partial charge in [0.05, 0.1) is 6.42 Å². The van der Waals surface area contributed by atoms with Gasteiger partial charge in [-0.25, -0.2) is 4.99 Å². The molecule has 1 saturated heterocycles. The van der Waals surface area contributed by atoms with Crippen LogP contribution in [0.1, 0.15) is 20.3 Å². The van der Waals surface area contributed by atoms with Crippen LogP contribution in [0.15, 0.2) is 4.99 Å². The highest BCUT2D eigenvalue weighted by Crippen LogP contribution is 2.27. The minimum Gasteiger partial charge on any atom is -0.475 e. The maximum atomic E-state index is 11.4. The maximum Gasteiger partial charge on any atom is 0.228 e. The summed E-state index contributed by atoms with van der Waals surface area (Å²) in [6, 6.07) is 0.214. The normalized spacial score (nSPS) is 32.9. The predicted octanol–water partition coefficient (Wildman–Crippen LogP) is 0.380. The molecule has 2 heterocycles.